The lowest BCUT2D eigenvalue weighted by Gasteiger charge is -2.32. The Kier molecular flexibility index (Phi) is 8.50. The lowest BCUT2D eigenvalue weighted by atomic mass is 10.0. The van der Waals surface area contributed by atoms with Crippen LogP contribution in [0.1, 0.15) is 42.1 Å². The highest BCUT2D eigenvalue weighted by atomic mass is 35.5. The van der Waals surface area contributed by atoms with Gasteiger partial charge in [-0.2, -0.15) is 0 Å². The Labute approximate surface area is 192 Å². The predicted molar refractivity (Wildman–Crippen MR) is 121 cm³/mol. The maximum absolute atomic E-state index is 12.7. The molecule has 1 aliphatic heterocycles. The fourth-order valence-electron chi connectivity index (χ4n) is 3.57. The monoisotopic (exact) mass is 458 g/mol. The Morgan fingerprint density at radius 3 is 2.47 bits per heavy atom. The van der Waals surface area contributed by atoms with Crippen LogP contribution < -0.4 is 10.1 Å². The molecule has 7 nitrogen and oxygen atoms in total. The van der Waals surface area contributed by atoms with Crippen molar-refractivity contribution in [3.8, 4) is 5.75 Å². The summed E-state index contributed by atoms with van der Waals surface area (Å²) < 4.78 is 9.73. The predicted octanol–water partition coefficient (Wildman–Crippen LogP) is 4.23. The fraction of sp³-hybridized carbons (Fsp3) is 0.375. The molecule has 2 aromatic carbocycles. The summed E-state index contributed by atoms with van der Waals surface area (Å²) in [7, 11) is 0. The number of likely N-dealkylation sites (tertiary alicyclic amines) is 1. The van der Waals surface area contributed by atoms with Crippen LogP contribution in [0.3, 0.4) is 0 Å². The molecule has 1 aliphatic rings. The van der Waals surface area contributed by atoms with Crippen molar-refractivity contribution in [2.24, 2.45) is 0 Å². The van der Waals surface area contributed by atoms with Crippen molar-refractivity contribution in [1.82, 2.24) is 10.2 Å². The average Bonchev–Trinajstić information content (AvgIpc) is 2.78. The van der Waals surface area contributed by atoms with E-state index >= 15 is 0 Å². The zero-order chi connectivity index (χ0) is 22.9. The maximum Gasteiger partial charge on any atom is 0.513 e. The van der Waals surface area contributed by atoms with Crippen LogP contribution in [-0.2, 0) is 16.0 Å². The number of carbonyl (C=O) groups is 3. The Morgan fingerprint density at radius 1 is 1.09 bits per heavy atom. The first-order valence-corrected chi connectivity index (χ1v) is 11.1. The van der Waals surface area contributed by atoms with Gasteiger partial charge in [0.1, 0.15) is 5.75 Å². The number of rotatable bonds is 7. The van der Waals surface area contributed by atoms with E-state index in [9.17, 15) is 14.4 Å². The van der Waals surface area contributed by atoms with Crippen molar-refractivity contribution in [2.75, 3.05) is 19.7 Å². The summed E-state index contributed by atoms with van der Waals surface area (Å²) >= 11 is 5.98. The molecule has 1 saturated heterocycles. The highest BCUT2D eigenvalue weighted by Gasteiger charge is 2.24. The fourth-order valence-corrected chi connectivity index (χ4v) is 3.78. The minimum Gasteiger partial charge on any atom is -0.434 e. The summed E-state index contributed by atoms with van der Waals surface area (Å²) in [6, 6.07) is 14.0. The van der Waals surface area contributed by atoms with Crippen LogP contribution in [-0.4, -0.2) is 48.6 Å². The molecular weight excluding hydrogens is 432 g/mol. The molecule has 0 aromatic heterocycles. The topological polar surface area (TPSA) is 84.9 Å². The van der Waals surface area contributed by atoms with Gasteiger partial charge in [-0.3, -0.25) is 9.59 Å². The lowest BCUT2D eigenvalue weighted by molar-refractivity contribution is -0.122. The molecule has 2 aromatic rings. The van der Waals surface area contributed by atoms with Gasteiger partial charge in [0.25, 0.3) is 5.91 Å². The molecule has 0 bridgehead atoms. The van der Waals surface area contributed by atoms with Crippen LogP contribution in [0.2, 0.25) is 5.02 Å². The molecule has 0 saturated carbocycles. The van der Waals surface area contributed by atoms with Crippen LogP contribution >= 0.6 is 11.6 Å². The quantitative estimate of drug-likeness (QED) is 0.495. The second-order valence-corrected chi connectivity index (χ2v) is 8.01. The third kappa shape index (κ3) is 6.99. The van der Waals surface area contributed by atoms with E-state index in [0.29, 0.717) is 55.1 Å². The third-order valence-corrected chi connectivity index (χ3v) is 5.48. The van der Waals surface area contributed by atoms with Gasteiger partial charge in [-0.1, -0.05) is 23.7 Å². The van der Waals surface area contributed by atoms with Crippen molar-refractivity contribution in [3.05, 3.63) is 64.7 Å². The van der Waals surface area contributed by atoms with E-state index in [2.05, 4.69) is 5.32 Å². The first-order valence-electron chi connectivity index (χ1n) is 10.7. The largest absolute Gasteiger partial charge is 0.513 e. The van der Waals surface area contributed by atoms with E-state index < -0.39 is 6.16 Å². The van der Waals surface area contributed by atoms with E-state index in [1.807, 2.05) is 24.3 Å². The SMILES string of the molecule is CCOC(=O)Oc1ccc(C(=O)N2CCC(NC(=O)CCc3cccc(Cl)c3)CC2)cc1. The van der Waals surface area contributed by atoms with Gasteiger partial charge in [0.15, 0.2) is 0 Å². The zero-order valence-corrected chi connectivity index (χ0v) is 18.8. The number of halogens is 1. The molecule has 0 unspecified atom stereocenters. The van der Waals surface area contributed by atoms with Crippen molar-refractivity contribution >= 4 is 29.6 Å². The summed E-state index contributed by atoms with van der Waals surface area (Å²) in [4.78, 5) is 38.2. The van der Waals surface area contributed by atoms with Crippen LogP contribution in [0.15, 0.2) is 48.5 Å². The van der Waals surface area contributed by atoms with Crippen LogP contribution in [0.5, 0.6) is 5.75 Å². The molecule has 32 heavy (non-hydrogen) atoms. The normalized spacial score (nSPS) is 14.0. The number of benzene rings is 2. The van der Waals surface area contributed by atoms with Gasteiger partial charge in [-0.15, -0.1) is 0 Å². The number of carbonyl (C=O) groups excluding carboxylic acids is 3. The number of ether oxygens (including phenoxy) is 2. The Balaban J connectivity index is 1.42. The van der Waals surface area contributed by atoms with Crippen molar-refractivity contribution in [3.63, 3.8) is 0 Å². The van der Waals surface area contributed by atoms with Crippen LogP contribution in [0.4, 0.5) is 4.79 Å². The second kappa shape index (κ2) is 11.5. The number of piperidine rings is 1. The number of hydrogen-bond acceptors (Lipinski definition) is 5. The molecule has 2 amide bonds. The number of nitrogens with zero attached hydrogens (tertiary/aromatic N) is 1. The van der Waals surface area contributed by atoms with Gasteiger partial charge in [-0.25, -0.2) is 4.79 Å². The first-order chi connectivity index (χ1) is 15.4. The van der Waals surface area contributed by atoms with E-state index in [-0.39, 0.29) is 24.5 Å². The highest BCUT2D eigenvalue weighted by molar-refractivity contribution is 6.30. The summed E-state index contributed by atoms with van der Waals surface area (Å²) in [5.41, 5.74) is 1.55. The molecule has 170 valence electrons. The van der Waals surface area contributed by atoms with Gasteiger partial charge in [0.2, 0.25) is 5.91 Å². The third-order valence-electron chi connectivity index (χ3n) is 5.24. The molecule has 0 spiro atoms. The summed E-state index contributed by atoms with van der Waals surface area (Å²) in [6.45, 7) is 3.06. The summed E-state index contributed by atoms with van der Waals surface area (Å²) in [6.07, 6.45) is 1.68. The number of nitrogens with one attached hydrogen (secondary N) is 1. The molecule has 0 radical (unpaired) electrons. The smallest absolute Gasteiger partial charge is 0.434 e. The Morgan fingerprint density at radius 2 is 1.81 bits per heavy atom. The summed E-state index contributed by atoms with van der Waals surface area (Å²) in [5, 5.41) is 3.74. The van der Waals surface area contributed by atoms with Gasteiger partial charge in [0.05, 0.1) is 6.61 Å². The van der Waals surface area contributed by atoms with Crippen molar-refractivity contribution < 1.29 is 23.9 Å². The number of amides is 2. The Bertz CT molecular complexity index is 940. The molecular formula is C24H27ClN2O5. The summed E-state index contributed by atoms with van der Waals surface area (Å²) in [5.74, 6) is 0.240. The molecule has 1 fully saturated rings. The molecule has 8 heteroatoms. The van der Waals surface area contributed by atoms with Crippen LogP contribution in [0, 0.1) is 0 Å². The molecule has 1 heterocycles. The van der Waals surface area contributed by atoms with Gasteiger partial charge in [0, 0.05) is 36.1 Å². The first kappa shape index (κ1) is 23.6. The standard InChI is InChI=1S/C24H27ClN2O5/c1-2-31-24(30)32-21-9-7-18(8-10-21)23(29)27-14-12-20(13-15-27)26-22(28)11-6-17-4-3-5-19(25)16-17/h3-5,7-10,16,20H,2,6,11-15H2,1H3,(H,26,28). The van der Waals surface area contributed by atoms with Gasteiger partial charge in [-0.05, 0) is 68.1 Å². The van der Waals surface area contributed by atoms with Crippen molar-refractivity contribution in [2.45, 2.75) is 38.6 Å². The lowest BCUT2D eigenvalue weighted by Crippen LogP contribution is -2.46. The van der Waals surface area contributed by atoms with Gasteiger partial charge < -0.3 is 19.7 Å². The molecule has 1 N–H and O–H groups in total. The average molecular weight is 459 g/mol. The molecule has 3 rings (SSSR count). The Hall–Kier alpha value is -3.06. The van der Waals surface area contributed by atoms with Crippen LogP contribution in [0.25, 0.3) is 0 Å². The molecule has 0 aliphatic carbocycles. The van der Waals surface area contributed by atoms with E-state index in [1.165, 1.54) is 0 Å². The van der Waals surface area contributed by atoms with E-state index in [0.717, 1.165) is 5.56 Å². The zero-order valence-electron chi connectivity index (χ0n) is 18.0. The number of aryl methyl sites for hydroxylation is 1. The molecule has 0 atom stereocenters. The minimum absolute atomic E-state index is 0.00643. The number of hydrogen-bond donors (Lipinski definition) is 1. The maximum atomic E-state index is 12.7. The second-order valence-electron chi connectivity index (χ2n) is 7.57. The van der Waals surface area contributed by atoms with Crippen molar-refractivity contribution in [1.29, 1.82) is 0 Å². The van der Waals surface area contributed by atoms with E-state index in [4.69, 9.17) is 21.1 Å². The van der Waals surface area contributed by atoms with E-state index in [1.54, 1.807) is 36.1 Å². The minimum atomic E-state index is -0.775. The van der Waals surface area contributed by atoms with Gasteiger partial charge >= 0.3 is 6.16 Å². The highest BCUT2D eigenvalue weighted by Crippen LogP contribution is 2.18.